The molecule has 0 unspecified atom stereocenters. The average Bonchev–Trinajstić information content (AvgIpc) is 2.93. The number of rotatable bonds is 5. The smallest absolute Gasteiger partial charge is 0.231 e. The van der Waals surface area contributed by atoms with Crippen molar-refractivity contribution in [1.29, 1.82) is 0 Å². The van der Waals surface area contributed by atoms with Gasteiger partial charge in [0.15, 0.2) is 11.5 Å². The zero-order chi connectivity index (χ0) is 16.2. The molecule has 0 saturated heterocycles. The molecule has 0 bridgehead atoms. The highest BCUT2D eigenvalue weighted by atomic mass is 16.7. The predicted molar refractivity (Wildman–Crippen MR) is 90.2 cm³/mol. The van der Waals surface area contributed by atoms with Gasteiger partial charge in [-0.2, -0.15) is 0 Å². The van der Waals surface area contributed by atoms with Crippen LogP contribution in [-0.2, 0) is 4.79 Å². The summed E-state index contributed by atoms with van der Waals surface area (Å²) in [5, 5.41) is 6.15. The minimum Gasteiger partial charge on any atom is -0.454 e. The van der Waals surface area contributed by atoms with Gasteiger partial charge in [-0.3, -0.25) is 4.79 Å². The number of aryl methyl sites for hydroxylation is 2. The molecule has 2 aromatic carbocycles. The molecule has 120 valence electrons. The molecule has 0 atom stereocenters. The van der Waals surface area contributed by atoms with Gasteiger partial charge in [-0.1, -0.05) is 6.07 Å². The summed E-state index contributed by atoms with van der Waals surface area (Å²) in [4.78, 5) is 12.0. The second kappa shape index (κ2) is 6.60. The fraction of sp³-hybridized carbons (Fsp3) is 0.278. The molecule has 1 heterocycles. The van der Waals surface area contributed by atoms with Gasteiger partial charge in [0.05, 0.1) is 0 Å². The van der Waals surface area contributed by atoms with Gasteiger partial charge in [0, 0.05) is 30.4 Å². The van der Waals surface area contributed by atoms with Crippen LogP contribution in [0.2, 0.25) is 0 Å². The quantitative estimate of drug-likeness (QED) is 0.887. The molecule has 1 amide bonds. The van der Waals surface area contributed by atoms with Gasteiger partial charge in [0.1, 0.15) is 0 Å². The molecule has 0 aromatic heterocycles. The van der Waals surface area contributed by atoms with E-state index < -0.39 is 0 Å². The van der Waals surface area contributed by atoms with Crippen LogP contribution in [0.15, 0.2) is 36.4 Å². The summed E-state index contributed by atoms with van der Waals surface area (Å²) in [7, 11) is 0. The van der Waals surface area contributed by atoms with Gasteiger partial charge in [-0.05, 0) is 49.2 Å². The standard InChI is InChI=1S/C18H20N2O3/c1-12-7-13(2)9-15(8-12)19-6-5-18(21)20-14-3-4-16-17(10-14)23-11-22-16/h3-4,7-10,19H,5-6,11H2,1-2H3,(H,20,21). The Morgan fingerprint density at radius 3 is 2.52 bits per heavy atom. The molecule has 0 aliphatic carbocycles. The maximum absolute atomic E-state index is 12.0. The number of carbonyl (C=O) groups excluding carboxylic acids is 1. The first-order valence-electron chi connectivity index (χ1n) is 7.62. The van der Waals surface area contributed by atoms with E-state index in [4.69, 9.17) is 9.47 Å². The van der Waals surface area contributed by atoms with Crippen LogP contribution in [0.4, 0.5) is 11.4 Å². The lowest BCUT2D eigenvalue weighted by Gasteiger charge is -2.09. The molecule has 23 heavy (non-hydrogen) atoms. The first-order valence-corrected chi connectivity index (χ1v) is 7.62. The summed E-state index contributed by atoms with van der Waals surface area (Å²) in [5.74, 6) is 1.33. The summed E-state index contributed by atoms with van der Waals surface area (Å²) in [6, 6.07) is 11.6. The van der Waals surface area contributed by atoms with Crippen molar-refractivity contribution < 1.29 is 14.3 Å². The molecule has 3 rings (SSSR count). The third-order valence-electron chi connectivity index (χ3n) is 3.56. The second-order valence-corrected chi connectivity index (χ2v) is 5.67. The molecule has 0 spiro atoms. The first kappa shape index (κ1) is 15.2. The highest BCUT2D eigenvalue weighted by Gasteiger charge is 2.14. The number of nitrogens with one attached hydrogen (secondary N) is 2. The number of hydrogen-bond donors (Lipinski definition) is 2. The van der Waals surface area contributed by atoms with Gasteiger partial charge >= 0.3 is 0 Å². The van der Waals surface area contributed by atoms with Crippen molar-refractivity contribution in [2.75, 3.05) is 24.0 Å². The molecule has 1 aliphatic heterocycles. The molecule has 0 saturated carbocycles. The van der Waals surface area contributed by atoms with Crippen LogP contribution in [0.1, 0.15) is 17.5 Å². The van der Waals surface area contributed by atoms with Gasteiger partial charge < -0.3 is 20.1 Å². The van der Waals surface area contributed by atoms with E-state index >= 15 is 0 Å². The van der Waals surface area contributed by atoms with Crippen molar-refractivity contribution in [3.8, 4) is 11.5 Å². The number of anilines is 2. The Morgan fingerprint density at radius 1 is 1.00 bits per heavy atom. The number of hydrogen-bond acceptors (Lipinski definition) is 4. The van der Waals surface area contributed by atoms with Crippen molar-refractivity contribution in [2.45, 2.75) is 20.3 Å². The second-order valence-electron chi connectivity index (χ2n) is 5.67. The summed E-state index contributed by atoms with van der Waals surface area (Å²) >= 11 is 0. The fourth-order valence-corrected chi connectivity index (χ4v) is 2.59. The minimum atomic E-state index is -0.0410. The molecule has 0 fully saturated rings. The predicted octanol–water partition coefficient (Wildman–Crippen LogP) is 3.47. The number of carbonyl (C=O) groups is 1. The van der Waals surface area contributed by atoms with Crippen LogP contribution in [0.25, 0.3) is 0 Å². The lowest BCUT2D eigenvalue weighted by Crippen LogP contribution is -2.16. The normalized spacial score (nSPS) is 12.1. The highest BCUT2D eigenvalue weighted by molar-refractivity contribution is 5.91. The number of fused-ring (bicyclic) bond motifs is 1. The SMILES string of the molecule is Cc1cc(C)cc(NCCC(=O)Nc2ccc3c(c2)OCO3)c1. The molecule has 5 nitrogen and oxygen atoms in total. The van der Waals surface area contributed by atoms with Crippen LogP contribution in [0, 0.1) is 13.8 Å². The Hall–Kier alpha value is -2.69. The summed E-state index contributed by atoms with van der Waals surface area (Å²) < 4.78 is 10.5. The molecule has 2 N–H and O–H groups in total. The Labute approximate surface area is 135 Å². The van der Waals surface area contributed by atoms with E-state index in [1.165, 1.54) is 11.1 Å². The largest absolute Gasteiger partial charge is 0.454 e. The van der Waals surface area contributed by atoms with Crippen molar-refractivity contribution in [2.24, 2.45) is 0 Å². The Morgan fingerprint density at radius 2 is 1.74 bits per heavy atom. The number of ether oxygens (including phenoxy) is 2. The van der Waals surface area contributed by atoms with Crippen molar-refractivity contribution in [3.05, 3.63) is 47.5 Å². The lowest BCUT2D eigenvalue weighted by atomic mass is 10.1. The molecule has 5 heteroatoms. The van der Waals surface area contributed by atoms with E-state index in [-0.39, 0.29) is 12.7 Å². The van der Waals surface area contributed by atoms with E-state index in [0.29, 0.717) is 30.2 Å². The Kier molecular flexibility index (Phi) is 4.37. The van der Waals surface area contributed by atoms with Crippen LogP contribution in [0.5, 0.6) is 11.5 Å². The Bertz CT molecular complexity index is 708. The lowest BCUT2D eigenvalue weighted by molar-refractivity contribution is -0.115. The topological polar surface area (TPSA) is 59.6 Å². The van der Waals surface area contributed by atoms with Gasteiger partial charge in [-0.15, -0.1) is 0 Å². The molecular weight excluding hydrogens is 292 g/mol. The highest BCUT2D eigenvalue weighted by Crippen LogP contribution is 2.34. The van der Waals surface area contributed by atoms with E-state index in [9.17, 15) is 4.79 Å². The van der Waals surface area contributed by atoms with Crippen LogP contribution in [-0.4, -0.2) is 19.2 Å². The minimum absolute atomic E-state index is 0.0410. The zero-order valence-electron chi connectivity index (χ0n) is 13.3. The van der Waals surface area contributed by atoms with Crippen LogP contribution >= 0.6 is 0 Å². The van der Waals surface area contributed by atoms with E-state index in [1.54, 1.807) is 12.1 Å². The van der Waals surface area contributed by atoms with Crippen molar-refractivity contribution in [1.82, 2.24) is 0 Å². The molecular formula is C18H20N2O3. The monoisotopic (exact) mass is 312 g/mol. The van der Waals surface area contributed by atoms with Gasteiger partial charge in [0.25, 0.3) is 0 Å². The van der Waals surface area contributed by atoms with E-state index in [1.807, 2.05) is 6.07 Å². The van der Waals surface area contributed by atoms with Crippen LogP contribution < -0.4 is 20.1 Å². The third-order valence-corrected chi connectivity index (χ3v) is 3.56. The third kappa shape index (κ3) is 3.94. The maximum Gasteiger partial charge on any atom is 0.231 e. The fourth-order valence-electron chi connectivity index (χ4n) is 2.59. The maximum atomic E-state index is 12.0. The molecule has 2 aromatic rings. The van der Waals surface area contributed by atoms with E-state index in [0.717, 1.165) is 5.69 Å². The van der Waals surface area contributed by atoms with Gasteiger partial charge in [0.2, 0.25) is 12.7 Å². The molecule has 0 radical (unpaired) electrons. The van der Waals surface area contributed by atoms with E-state index in [2.05, 4.69) is 42.7 Å². The van der Waals surface area contributed by atoms with Crippen molar-refractivity contribution >= 4 is 17.3 Å². The number of amides is 1. The summed E-state index contributed by atoms with van der Waals surface area (Å²) in [5.41, 5.74) is 4.17. The summed E-state index contributed by atoms with van der Waals surface area (Å²) in [6.07, 6.45) is 0.390. The first-order chi connectivity index (χ1) is 11.1. The molecule has 1 aliphatic rings. The zero-order valence-corrected chi connectivity index (χ0v) is 13.3. The average molecular weight is 312 g/mol. The Balaban J connectivity index is 1.50. The van der Waals surface area contributed by atoms with Gasteiger partial charge in [-0.25, -0.2) is 0 Å². The summed E-state index contributed by atoms with van der Waals surface area (Å²) in [6.45, 7) is 4.93. The number of benzene rings is 2. The van der Waals surface area contributed by atoms with Crippen molar-refractivity contribution in [3.63, 3.8) is 0 Å². The van der Waals surface area contributed by atoms with Crippen LogP contribution in [0.3, 0.4) is 0 Å².